The molecule has 150 valence electrons. The van der Waals surface area contributed by atoms with Gasteiger partial charge in [-0.25, -0.2) is 4.39 Å². The van der Waals surface area contributed by atoms with Crippen molar-refractivity contribution in [1.29, 1.82) is 0 Å². The van der Waals surface area contributed by atoms with Crippen molar-refractivity contribution in [1.82, 2.24) is 4.57 Å². The number of methoxy groups -OCH3 is 1. The number of halogens is 1. The lowest BCUT2D eigenvalue weighted by atomic mass is 10.1. The fourth-order valence-electron chi connectivity index (χ4n) is 2.79. The second kappa shape index (κ2) is 8.60. The first-order valence-corrected chi connectivity index (χ1v) is 9.05. The van der Waals surface area contributed by atoms with Gasteiger partial charge in [0.05, 0.1) is 12.7 Å². The molecule has 3 rings (SSSR count). The Morgan fingerprint density at radius 3 is 2.55 bits per heavy atom. The minimum Gasteiger partial charge on any atom is -0.493 e. The zero-order chi connectivity index (χ0) is 21.0. The van der Waals surface area contributed by atoms with Crippen LogP contribution >= 0.6 is 0 Å². The molecule has 0 saturated carbocycles. The predicted octanol–water partition coefficient (Wildman–Crippen LogP) is 4.37. The highest BCUT2D eigenvalue weighted by Gasteiger charge is 2.16. The lowest BCUT2D eigenvalue weighted by Crippen LogP contribution is -2.20. The second-order valence-corrected chi connectivity index (χ2v) is 6.39. The Labute approximate surface area is 167 Å². The van der Waals surface area contributed by atoms with E-state index in [4.69, 9.17) is 9.47 Å². The smallest absolute Gasteiger partial charge is 0.259 e. The number of ether oxygens (including phenoxy) is 2. The summed E-state index contributed by atoms with van der Waals surface area (Å²) in [4.78, 5) is 24.8. The van der Waals surface area contributed by atoms with Crippen molar-refractivity contribution in [3.8, 4) is 17.2 Å². The van der Waals surface area contributed by atoms with Gasteiger partial charge in [0.25, 0.3) is 11.5 Å². The normalized spacial score (nSPS) is 10.5. The van der Waals surface area contributed by atoms with E-state index < -0.39 is 11.7 Å². The molecule has 1 N–H and O–H groups in total. The molecule has 0 saturated heterocycles. The Bertz CT molecular complexity index is 1110. The molecule has 0 bridgehead atoms. The Morgan fingerprint density at radius 1 is 1.07 bits per heavy atom. The molecule has 29 heavy (non-hydrogen) atoms. The van der Waals surface area contributed by atoms with E-state index in [9.17, 15) is 14.0 Å². The van der Waals surface area contributed by atoms with Gasteiger partial charge in [0.2, 0.25) is 0 Å². The number of hydrogen-bond donors (Lipinski definition) is 1. The Balaban J connectivity index is 1.91. The second-order valence-electron chi connectivity index (χ2n) is 6.39. The van der Waals surface area contributed by atoms with E-state index >= 15 is 0 Å². The van der Waals surface area contributed by atoms with Crippen LogP contribution in [-0.2, 0) is 6.54 Å². The van der Waals surface area contributed by atoms with Gasteiger partial charge in [-0.05, 0) is 49.7 Å². The number of aromatic nitrogens is 1. The first-order chi connectivity index (χ1) is 13.9. The van der Waals surface area contributed by atoms with Crippen LogP contribution in [0.2, 0.25) is 0 Å². The van der Waals surface area contributed by atoms with Gasteiger partial charge in [0, 0.05) is 30.6 Å². The van der Waals surface area contributed by atoms with E-state index in [1.807, 2.05) is 13.8 Å². The monoisotopic (exact) mass is 396 g/mol. The molecule has 0 unspecified atom stereocenters. The highest BCUT2D eigenvalue weighted by Crippen LogP contribution is 2.34. The molecule has 0 aliphatic heterocycles. The van der Waals surface area contributed by atoms with E-state index in [0.29, 0.717) is 12.2 Å². The molecular weight excluding hydrogens is 375 g/mol. The van der Waals surface area contributed by atoms with Crippen molar-refractivity contribution in [3.63, 3.8) is 0 Å². The molecule has 0 fully saturated rings. The van der Waals surface area contributed by atoms with Gasteiger partial charge < -0.3 is 19.4 Å². The van der Waals surface area contributed by atoms with Crippen LogP contribution in [0.1, 0.15) is 22.8 Å². The van der Waals surface area contributed by atoms with Crippen LogP contribution in [0.4, 0.5) is 10.1 Å². The molecule has 0 spiro atoms. The average molecular weight is 396 g/mol. The van der Waals surface area contributed by atoms with Gasteiger partial charge in [0.15, 0.2) is 11.5 Å². The highest BCUT2D eigenvalue weighted by atomic mass is 19.1. The van der Waals surface area contributed by atoms with Gasteiger partial charge >= 0.3 is 0 Å². The van der Waals surface area contributed by atoms with E-state index in [2.05, 4.69) is 5.32 Å². The molecule has 3 aromatic rings. The van der Waals surface area contributed by atoms with Crippen LogP contribution in [0.3, 0.4) is 0 Å². The van der Waals surface area contributed by atoms with Crippen molar-refractivity contribution in [3.05, 3.63) is 82.0 Å². The van der Waals surface area contributed by atoms with Gasteiger partial charge in [-0.2, -0.15) is 0 Å². The maximum Gasteiger partial charge on any atom is 0.259 e. The third kappa shape index (κ3) is 4.63. The number of carbonyl (C=O) groups excluding carboxylic acids is 1. The lowest BCUT2D eigenvalue weighted by Gasteiger charge is -2.14. The van der Waals surface area contributed by atoms with E-state index in [-0.39, 0.29) is 28.4 Å². The Morgan fingerprint density at radius 2 is 1.86 bits per heavy atom. The standard InChI is InChI=1S/C22H21FN2O4/c1-4-25-10-9-16(13-21(25)26)24-22(27)17-7-5-14(2)11-19(17)29-18-8-6-15(23)12-20(18)28-3/h5-13H,4H2,1-3H3,(H,24,27). The number of benzene rings is 2. The summed E-state index contributed by atoms with van der Waals surface area (Å²) in [5.41, 5.74) is 1.32. The van der Waals surface area contributed by atoms with Crippen LogP contribution in [0.25, 0.3) is 0 Å². The largest absolute Gasteiger partial charge is 0.493 e. The summed E-state index contributed by atoms with van der Waals surface area (Å²) in [5, 5.41) is 2.71. The number of amides is 1. The fourth-order valence-corrected chi connectivity index (χ4v) is 2.79. The first kappa shape index (κ1) is 20.1. The van der Waals surface area contributed by atoms with Crippen LogP contribution in [-0.4, -0.2) is 17.6 Å². The minimum atomic E-state index is -0.460. The molecule has 0 atom stereocenters. The van der Waals surface area contributed by atoms with Crippen molar-refractivity contribution in [2.75, 3.05) is 12.4 Å². The van der Waals surface area contributed by atoms with Crippen LogP contribution in [0.5, 0.6) is 17.2 Å². The van der Waals surface area contributed by atoms with Gasteiger partial charge in [-0.1, -0.05) is 6.07 Å². The number of nitrogens with one attached hydrogen (secondary N) is 1. The molecular formula is C22H21FN2O4. The molecule has 1 aromatic heterocycles. The van der Waals surface area contributed by atoms with Gasteiger partial charge in [-0.15, -0.1) is 0 Å². The average Bonchev–Trinajstić information content (AvgIpc) is 2.69. The number of hydrogen-bond acceptors (Lipinski definition) is 4. The summed E-state index contributed by atoms with van der Waals surface area (Å²) in [6, 6.07) is 12.0. The fraction of sp³-hybridized carbons (Fsp3) is 0.182. The number of carbonyl (C=O) groups is 1. The summed E-state index contributed by atoms with van der Waals surface area (Å²) in [6.45, 7) is 4.27. The Kier molecular flexibility index (Phi) is 5.97. The van der Waals surface area contributed by atoms with Gasteiger partial charge in [-0.3, -0.25) is 9.59 Å². The molecule has 6 nitrogen and oxygen atoms in total. The summed E-state index contributed by atoms with van der Waals surface area (Å²) in [7, 11) is 1.41. The Hall–Kier alpha value is -3.61. The minimum absolute atomic E-state index is 0.207. The molecule has 1 heterocycles. The third-order valence-electron chi connectivity index (χ3n) is 4.32. The summed E-state index contributed by atoms with van der Waals surface area (Å²) >= 11 is 0. The topological polar surface area (TPSA) is 69.6 Å². The highest BCUT2D eigenvalue weighted by molar-refractivity contribution is 6.06. The van der Waals surface area contributed by atoms with Crippen LogP contribution < -0.4 is 20.3 Å². The third-order valence-corrected chi connectivity index (χ3v) is 4.32. The van der Waals surface area contributed by atoms with E-state index in [0.717, 1.165) is 5.56 Å². The summed E-state index contributed by atoms with van der Waals surface area (Å²) in [5.74, 6) is -0.123. The number of aryl methyl sites for hydroxylation is 2. The van der Waals surface area contributed by atoms with Gasteiger partial charge in [0.1, 0.15) is 11.6 Å². The first-order valence-electron chi connectivity index (χ1n) is 9.05. The van der Waals surface area contributed by atoms with E-state index in [1.54, 1.807) is 30.5 Å². The van der Waals surface area contributed by atoms with Crippen LogP contribution in [0, 0.1) is 12.7 Å². The molecule has 0 aliphatic rings. The SMILES string of the molecule is CCn1ccc(NC(=O)c2ccc(C)cc2Oc2ccc(F)cc2OC)cc1=O. The zero-order valence-corrected chi connectivity index (χ0v) is 16.4. The number of rotatable bonds is 6. The van der Waals surface area contributed by atoms with Crippen LogP contribution in [0.15, 0.2) is 59.5 Å². The van der Waals surface area contributed by atoms with Crippen molar-refractivity contribution in [2.45, 2.75) is 20.4 Å². The number of pyridine rings is 1. The van der Waals surface area contributed by atoms with E-state index in [1.165, 1.54) is 35.9 Å². The maximum atomic E-state index is 13.4. The summed E-state index contributed by atoms with van der Waals surface area (Å²) in [6.07, 6.45) is 1.62. The number of anilines is 1. The zero-order valence-electron chi connectivity index (χ0n) is 16.4. The van der Waals surface area contributed by atoms with Crippen molar-refractivity contribution < 1.29 is 18.7 Å². The van der Waals surface area contributed by atoms with Crippen molar-refractivity contribution >= 4 is 11.6 Å². The predicted molar refractivity (Wildman–Crippen MR) is 109 cm³/mol. The molecule has 1 amide bonds. The molecule has 0 radical (unpaired) electrons. The molecule has 0 aliphatic carbocycles. The molecule has 7 heteroatoms. The summed E-state index contributed by atoms with van der Waals surface area (Å²) < 4.78 is 26.0. The lowest BCUT2D eigenvalue weighted by molar-refractivity contribution is 0.102. The number of nitrogens with zero attached hydrogens (tertiary/aromatic N) is 1. The molecule has 2 aromatic carbocycles. The van der Waals surface area contributed by atoms with Crippen molar-refractivity contribution in [2.24, 2.45) is 0 Å². The maximum absolute atomic E-state index is 13.4. The quantitative estimate of drug-likeness (QED) is 0.672.